The van der Waals surface area contributed by atoms with Gasteiger partial charge in [-0.15, -0.1) is 0 Å². The Hall–Kier alpha value is -6.90. The van der Waals surface area contributed by atoms with Gasteiger partial charge in [0, 0.05) is 27.5 Å². The van der Waals surface area contributed by atoms with Gasteiger partial charge in [-0.1, -0.05) is 155 Å². The van der Waals surface area contributed by atoms with Crippen LogP contribution in [0.3, 0.4) is 0 Å². The van der Waals surface area contributed by atoms with E-state index in [-0.39, 0.29) is 10.8 Å². The largest absolute Gasteiger partial charge is 0.456 e. The predicted octanol–water partition coefficient (Wildman–Crippen LogP) is 16.7. The highest BCUT2D eigenvalue weighted by atomic mass is 16.3. The zero-order valence-corrected chi connectivity index (χ0v) is 34.7. The maximum atomic E-state index is 6.65. The van der Waals surface area contributed by atoms with Gasteiger partial charge in [-0.05, 0) is 145 Å². The number of fused-ring (bicyclic) bond motifs is 6. The van der Waals surface area contributed by atoms with Gasteiger partial charge in [0.25, 0.3) is 0 Å². The Morgan fingerprint density at radius 1 is 0.400 bits per heavy atom. The lowest BCUT2D eigenvalue weighted by atomic mass is 9.63. The molecule has 0 N–H and O–H groups in total. The normalized spacial score (nSPS) is 14.5. The molecule has 1 aliphatic rings. The van der Waals surface area contributed by atoms with Crippen molar-refractivity contribution in [1.29, 1.82) is 0 Å². The summed E-state index contributed by atoms with van der Waals surface area (Å²) in [6, 6.07) is 68.9. The molecule has 0 saturated heterocycles. The SMILES string of the molecule is CC1(C)CCC(C)(C)c2cc3c(cc21)oc1cccc(-c2ccc4cc(N(c5cc(-c6ccccc6)cc(-c6ccccc6)c5)c5cccc6ccccc56)ccc4c2)c13. The summed E-state index contributed by atoms with van der Waals surface area (Å²) >= 11 is 0. The molecule has 10 aromatic rings. The Bertz CT molecular complexity index is 3200. The van der Waals surface area contributed by atoms with Crippen molar-refractivity contribution in [2.75, 3.05) is 4.90 Å². The van der Waals surface area contributed by atoms with Crippen LogP contribution in [0.25, 0.3) is 76.9 Å². The summed E-state index contributed by atoms with van der Waals surface area (Å²) in [5.41, 5.74) is 15.5. The molecule has 11 rings (SSSR count). The summed E-state index contributed by atoms with van der Waals surface area (Å²) in [4.78, 5) is 2.44. The highest BCUT2D eigenvalue weighted by Crippen LogP contribution is 2.49. The van der Waals surface area contributed by atoms with Crippen LogP contribution >= 0.6 is 0 Å². The molecule has 2 heteroatoms. The molecular formula is C58H47NO. The van der Waals surface area contributed by atoms with E-state index in [0.717, 1.165) is 28.2 Å². The molecule has 1 aromatic heterocycles. The number of furan rings is 1. The van der Waals surface area contributed by atoms with Gasteiger partial charge in [-0.25, -0.2) is 0 Å². The van der Waals surface area contributed by atoms with Crippen molar-refractivity contribution >= 4 is 60.5 Å². The fraction of sp³-hybridized carbons (Fsp3) is 0.138. The third-order valence-electron chi connectivity index (χ3n) is 13.3. The third kappa shape index (κ3) is 6.09. The van der Waals surface area contributed by atoms with E-state index in [1.54, 1.807) is 0 Å². The van der Waals surface area contributed by atoms with Crippen LogP contribution in [-0.2, 0) is 10.8 Å². The van der Waals surface area contributed by atoms with Crippen molar-refractivity contribution in [3.8, 4) is 33.4 Å². The van der Waals surface area contributed by atoms with Crippen LogP contribution in [-0.4, -0.2) is 0 Å². The van der Waals surface area contributed by atoms with Gasteiger partial charge in [0.15, 0.2) is 0 Å². The zero-order valence-electron chi connectivity index (χ0n) is 34.7. The molecule has 0 spiro atoms. The van der Waals surface area contributed by atoms with Crippen molar-refractivity contribution in [2.45, 2.75) is 51.4 Å². The van der Waals surface area contributed by atoms with Crippen molar-refractivity contribution in [3.05, 3.63) is 199 Å². The van der Waals surface area contributed by atoms with Gasteiger partial charge >= 0.3 is 0 Å². The van der Waals surface area contributed by atoms with E-state index in [2.05, 4.69) is 221 Å². The van der Waals surface area contributed by atoms with E-state index < -0.39 is 0 Å². The quantitative estimate of drug-likeness (QED) is 0.167. The number of hydrogen-bond donors (Lipinski definition) is 0. The highest BCUT2D eigenvalue weighted by molar-refractivity contribution is 6.13. The molecule has 1 aliphatic carbocycles. The minimum atomic E-state index is 0.115. The molecule has 0 radical (unpaired) electrons. The molecule has 0 unspecified atom stereocenters. The lowest BCUT2D eigenvalue weighted by Gasteiger charge is -2.41. The molecule has 0 atom stereocenters. The molecule has 290 valence electrons. The molecule has 0 aliphatic heterocycles. The summed E-state index contributed by atoms with van der Waals surface area (Å²) < 4.78 is 6.65. The standard InChI is InChI=1S/C58H47NO/c1-57(2)29-30-58(3,4)52-37-55-50(36-51(52)57)56-49(22-14-24-54(56)60-55)43-26-25-42-33-46(28-27-41(42)31-43)59(53-23-13-20-40-19-11-12-21-48(40)53)47-34-44(38-15-7-5-8-16-38)32-45(35-47)39-17-9-6-10-18-39/h5-28,31-37H,29-30H2,1-4H3. The molecule has 1 heterocycles. The minimum absolute atomic E-state index is 0.115. The van der Waals surface area contributed by atoms with Crippen LogP contribution < -0.4 is 4.90 Å². The number of hydrogen-bond acceptors (Lipinski definition) is 2. The summed E-state index contributed by atoms with van der Waals surface area (Å²) in [5.74, 6) is 0. The first-order valence-electron chi connectivity index (χ1n) is 21.3. The van der Waals surface area contributed by atoms with E-state index in [0.29, 0.717) is 0 Å². The van der Waals surface area contributed by atoms with Crippen LogP contribution in [0.1, 0.15) is 51.7 Å². The van der Waals surface area contributed by atoms with Gasteiger partial charge in [-0.3, -0.25) is 0 Å². The van der Waals surface area contributed by atoms with E-state index in [4.69, 9.17) is 4.42 Å². The molecule has 0 saturated carbocycles. The average Bonchev–Trinajstić information content (AvgIpc) is 3.66. The lowest BCUT2D eigenvalue weighted by Crippen LogP contribution is -2.33. The maximum Gasteiger partial charge on any atom is 0.136 e. The van der Waals surface area contributed by atoms with Crippen LogP contribution in [0.5, 0.6) is 0 Å². The Morgan fingerprint density at radius 3 is 1.75 bits per heavy atom. The van der Waals surface area contributed by atoms with Crippen molar-refractivity contribution in [2.24, 2.45) is 0 Å². The minimum Gasteiger partial charge on any atom is -0.456 e. The summed E-state index contributed by atoms with van der Waals surface area (Å²) in [5, 5.41) is 7.20. The molecule has 0 fully saturated rings. The van der Waals surface area contributed by atoms with Crippen molar-refractivity contribution in [1.82, 2.24) is 0 Å². The Labute approximate surface area is 352 Å². The summed E-state index contributed by atoms with van der Waals surface area (Å²) in [7, 11) is 0. The molecule has 0 amide bonds. The fourth-order valence-electron chi connectivity index (χ4n) is 9.83. The van der Waals surface area contributed by atoms with Crippen LogP contribution in [0.2, 0.25) is 0 Å². The Kier molecular flexibility index (Phi) is 8.36. The second kappa shape index (κ2) is 13.9. The van der Waals surface area contributed by atoms with E-state index in [1.165, 1.54) is 89.7 Å². The number of nitrogens with zero attached hydrogens (tertiary/aromatic N) is 1. The molecular weight excluding hydrogens is 727 g/mol. The number of anilines is 3. The zero-order chi connectivity index (χ0) is 40.6. The Balaban J connectivity index is 1.08. The molecule has 60 heavy (non-hydrogen) atoms. The summed E-state index contributed by atoms with van der Waals surface area (Å²) in [6.07, 6.45) is 2.36. The second-order valence-electron chi connectivity index (χ2n) is 18.0. The third-order valence-corrected chi connectivity index (χ3v) is 13.3. The second-order valence-corrected chi connectivity index (χ2v) is 18.0. The summed E-state index contributed by atoms with van der Waals surface area (Å²) in [6.45, 7) is 9.56. The van der Waals surface area contributed by atoms with E-state index >= 15 is 0 Å². The van der Waals surface area contributed by atoms with Crippen LogP contribution in [0.4, 0.5) is 17.1 Å². The fourth-order valence-corrected chi connectivity index (χ4v) is 9.83. The van der Waals surface area contributed by atoms with Crippen LogP contribution in [0, 0.1) is 0 Å². The van der Waals surface area contributed by atoms with Gasteiger partial charge in [-0.2, -0.15) is 0 Å². The maximum absolute atomic E-state index is 6.65. The van der Waals surface area contributed by atoms with Crippen molar-refractivity contribution < 1.29 is 4.42 Å². The van der Waals surface area contributed by atoms with Gasteiger partial charge in [0.2, 0.25) is 0 Å². The Morgan fingerprint density at radius 2 is 1.02 bits per heavy atom. The smallest absolute Gasteiger partial charge is 0.136 e. The van der Waals surface area contributed by atoms with E-state index in [1.807, 2.05) is 0 Å². The number of benzene rings is 9. The topological polar surface area (TPSA) is 16.4 Å². The molecule has 9 aromatic carbocycles. The van der Waals surface area contributed by atoms with Crippen molar-refractivity contribution in [3.63, 3.8) is 0 Å². The lowest BCUT2D eigenvalue weighted by molar-refractivity contribution is 0.332. The van der Waals surface area contributed by atoms with Gasteiger partial charge < -0.3 is 9.32 Å². The molecule has 2 nitrogen and oxygen atoms in total. The predicted molar refractivity (Wildman–Crippen MR) is 255 cm³/mol. The van der Waals surface area contributed by atoms with Crippen LogP contribution in [0.15, 0.2) is 192 Å². The first-order valence-corrected chi connectivity index (χ1v) is 21.3. The van der Waals surface area contributed by atoms with Gasteiger partial charge in [0.05, 0.1) is 5.69 Å². The highest BCUT2D eigenvalue weighted by Gasteiger charge is 2.38. The first kappa shape index (κ1) is 36.2. The van der Waals surface area contributed by atoms with E-state index in [9.17, 15) is 0 Å². The first-order chi connectivity index (χ1) is 29.2. The van der Waals surface area contributed by atoms with Gasteiger partial charge in [0.1, 0.15) is 11.2 Å². The number of rotatable bonds is 6. The monoisotopic (exact) mass is 773 g/mol. The average molecular weight is 774 g/mol. The molecule has 0 bridgehead atoms.